The van der Waals surface area contributed by atoms with Crippen LogP contribution < -0.4 is 5.32 Å². The molecule has 1 aliphatic heterocycles. The molecular weight excluding hydrogens is 179 g/mol. The van der Waals surface area contributed by atoms with Crippen LogP contribution in [-0.4, -0.2) is 42.8 Å². The summed E-state index contributed by atoms with van der Waals surface area (Å²) in [7, 11) is 0. The van der Waals surface area contributed by atoms with Crippen molar-refractivity contribution in [2.24, 2.45) is 5.92 Å². The van der Waals surface area contributed by atoms with Gasteiger partial charge >= 0.3 is 0 Å². The molecule has 2 fully saturated rings. The van der Waals surface area contributed by atoms with Gasteiger partial charge in [0.1, 0.15) is 6.67 Å². The van der Waals surface area contributed by atoms with Crippen LogP contribution in [0, 0.1) is 5.92 Å². The molecule has 2 unspecified atom stereocenters. The number of hydrogen-bond donors (Lipinski definition) is 1. The number of alkyl halides is 1. The zero-order valence-corrected chi connectivity index (χ0v) is 9.22. The lowest BCUT2D eigenvalue weighted by Gasteiger charge is -2.47. The summed E-state index contributed by atoms with van der Waals surface area (Å²) in [6.07, 6.45) is 2.66. The summed E-state index contributed by atoms with van der Waals surface area (Å²) in [5, 5.41) is 3.52. The number of hydrogen-bond acceptors (Lipinski definition) is 2. The largest absolute Gasteiger partial charge is 0.311 e. The highest BCUT2D eigenvalue weighted by atomic mass is 19.1. The molecule has 2 nitrogen and oxygen atoms in total. The first-order valence-corrected chi connectivity index (χ1v) is 5.71. The van der Waals surface area contributed by atoms with Gasteiger partial charge in [-0.25, -0.2) is 4.39 Å². The highest BCUT2D eigenvalue weighted by Crippen LogP contribution is 2.43. The van der Waals surface area contributed by atoms with Crippen LogP contribution in [0.15, 0.2) is 0 Å². The Morgan fingerprint density at radius 1 is 1.50 bits per heavy atom. The number of halogens is 1. The van der Waals surface area contributed by atoms with Crippen molar-refractivity contribution in [3.05, 3.63) is 0 Å². The van der Waals surface area contributed by atoms with Crippen molar-refractivity contribution in [1.82, 2.24) is 10.2 Å². The van der Waals surface area contributed by atoms with Gasteiger partial charge in [-0.1, -0.05) is 0 Å². The maximum absolute atomic E-state index is 12.5. The van der Waals surface area contributed by atoms with Gasteiger partial charge in [-0.2, -0.15) is 0 Å². The molecule has 82 valence electrons. The van der Waals surface area contributed by atoms with E-state index in [9.17, 15) is 4.39 Å². The summed E-state index contributed by atoms with van der Waals surface area (Å²) in [6.45, 7) is 6.89. The third-order valence-electron chi connectivity index (χ3n) is 3.84. The van der Waals surface area contributed by atoms with Crippen molar-refractivity contribution in [3.63, 3.8) is 0 Å². The third kappa shape index (κ3) is 1.80. The van der Waals surface area contributed by atoms with E-state index in [0.29, 0.717) is 12.6 Å². The van der Waals surface area contributed by atoms with E-state index in [1.54, 1.807) is 0 Å². The summed E-state index contributed by atoms with van der Waals surface area (Å²) in [4.78, 5) is 2.35. The van der Waals surface area contributed by atoms with E-state index >= 15 is 0 Å². The molecule has 2 rings (SSSR count). The van der Waals surface area contributed by atoms with Crippen molar-refractivity contribution in [2.75, 3.05) is 26.3 Å². The molecule has 1 heterocycles. The van der Waals surface area contributed by atoms with Crippen LogP contribution in [0.25, 0.3) is 0 Å². The van der Waals surface area contributed by atoms with Crippen molar-refractivity contribution in [1.29, 1.82) is 0 Å². The fourth-order valence-corrected chi connectivity index (χ4v) is 2.65. The van der Waals surface area contributed by atoms with Gasteiger partial charge in [0.2, 0.25) is 0 Å². The smallest absolute Gasteiger partial charge is 0.102 e. The molecule has 0 spiro atoms. The normalized spacial score (nSPS) is 40.1. The Bertz CT molecular complexity index is 205. The van der Waals surface area contributed by atoms with E-state index < -0.39 is 0 Å². The maximum atomic E-state index is 12.5. The first-order chi connectivity index (χ1) is 6.66. The minimum Gasteiger partial charge on any atom is -0.311 e. The lowest BCUT2D eigenvalue weighted by molar-refractivity contribution is 0.0336. The standard InChI is InChI=1S/C11H21FN2/c1-9-7-14(6-5-12)11(2,8-13-9)10-3-4-10/h9-10,13H,3-8H2,1-2H3. The molecule has 0 aromatic heterocycles. The highest BCUT2D eigenvalue weighted by Gasteiger charge is 2.47. The minimum atomic E-state index is -0.213. The van der Waals surface area contributed by atoms with E-state index in [-0.39, 0.29) is 12.2 Å². The van der Waals surface area contributed by atoms with E-state index in [1.807, 2.05) is 0 Å². The zero-order valence-electron chi connectivity index (χ0n) is 9.22. The van der Waals surface area contributed by atoms with Crippen LogP contribution in [-0.2, 0) is 0 Å². The van der Waals surface area contributed by atoms with Crippen LogP contribution >= 0.6 is 0 Å². The predicted octanol–water partition coefficient (Wildman–Crippen LogP) is 1.42. The van der Waals surface area contributed by atoms with Crippen LogP contribution in [0.5, 0.6) is 0 Å². The van der Waals surface area contributed by atoms with Gasteiger partial charge < -0.3 is 5.32 Å². The molecule has 0 aromatic carbocycles. The third-order valence-corrected chi connectivity index (χ3v) is 3.84. The summed E-state index contributed by atoms with van der Waals surface area (Å²) >= 11 is 0. The highest BCUT2D eigenvalue weighted by molar-refractivity contribution is 5.04. The number of piperazine rings is 1. The zero-order chi connectivity index (χ0) is 10.2. The molecule has 1 saturated heterocycles. The van der Waals surface area contributed by atoms with Crippen LogP contribution in [0.3, 0.4) is 0 Å². The van der Waals surface area contributed by atoms with Crippen LogP contribution in [0.1, 0.15) is 26.7 Å². The van der Waals surface area contributed by atoms with Crippen LogP contribution in [0.2, 0.25) is 0 Å². The van der Waals surface area contributed by atoms with Crippen LogP contribution in [0.4, 0.5) is 4.39 Å². The Morgan fingerprint density at radius 2 is 2.21 bits per heavy atom. The van der Waals surface area contributed by atoms with E-state index in [4.69, 9.17) is 0 Å². The summed E-state index contributed by atoms with van der Waals surface area (Å²) in [6, 6.07) is 0.508. The van der Waals surface area contributed by atoms with Gasteiger partial charge in [0.15, 0.2) is 0 Å². The Labute approximate surface area is 85.9 Å². The van der Waals surface area contributed by atoms with Crippen molar-refractivity contribution < 1.29 is 4.39 Å². The van der Waals surface area contributed by atoms with Crippen molar-refractivity contribution in [2.45, 2.75) is 38.3 Å². The first kappa shape index (κ1) is 10.4. The molecule has 2 atom stereocenters. The Morgan fingerprint density at radius 3 is 2.79 bits per heavy atom. The number of nitrogens with zero attached hydrogens (tertiary/aromatic N) is 1. The second-order valence-electron chi connectivity index (χ2n) is 5.05. The van der Waals surface area contributed by atoms with E-state index in [2.05, 4.69) is 24.1 Å². The molecule has 0 radical (unpaired) electrons. The number of rotatable bonds is 3. The molecule has 1 N–H and O–H groups in total. The lowest BCUT2D eigenvalue weighted by atomic mass is 9.90. The fraction of sp³-hybridized carbons (Fsp3) is 1.00. The maximum Gasteiger partial charge on any atom is 0.102 e. The van der Waals surface area contributed by atoms with Gasteiger partial charge in [-0.15, -0.1) is 0 Å². The van der Waals surface area contributed by atoms with Gasteiger partial charge in [0, 0.05) is 31.2 Å². The SMILES string of the molecule is CC1CN(CCF)C(C)(C2CC2)CN1. The second kappa shape index (κ2) is 3.78. The lowest BCUT2D eigenvalue weighted by Crippen LogP contribution is -2.64. The first-order valence-electron chi connectivity index (χ1n) is 5.71. The topological polar surface area (TPSA) is 15.3 Å². The summed E-state index contributed by atoms with van der Waals surface area (Å²) in [5.74, 6) is 0.800. The second-order valence-corrected chi connectivity index (χ2v) is 5.05. The van der Waals surface area contributed by atoms with E-state index in [1.165, 1.54) is 12.8 Å². The molecule has 1 saturated carbocycles. The molecule has 1 aliphatic carbocycles. The molecular formula is C11H21FN2. The molecule has 0 amide bonds. The average molecular weight is 200 g/mol. The Kier molecular flexibility index (Phi) is 2.80. The molecule has 0 aromatic rings. The van der Waals surface area contributed by atoms with E-state index in [0.717, 1.165) is 19.0 Å². The fourth-order valence-electron chi connectivity index (χ4n) is 2.65. The molecule has 0 bridgehead atoms. The quantitative estimate of drug-likeness (QED) is 0.741. The Hall–Kier alpha value is -0.150. The molecule has 3 heteroatoms. The molecule has 2 aliphatic rings. The van der Waals surface area contributed by atoms with Crippen molar-refractivity contribution in [3.8, 4) is 0 Å². The van der Waals surface area contributed by atoms with Crippen molar-refractivity contribution >= 4 is 0 Å². The van der Waals surface area contributed by atoms with Gasteiger partial charge in [-0.05, 0) is 32.6 Å². The summed E-state index contributed by atoms with van der Waals surface area (Å²) in [5.41, 5.74) is 0.221. The average Bonchev–Trinajstić information content (AvgIpc) is 2.95. The minimum absolute atomic E-state index is 0.213. The Balaban J connectivity index is 2.04. The molecule has 14 heavy (non-hydrogen) atoms. The number of nitrogens with one attached hydrogen (secondary N) is 1. The van der Waals surface area contributed by atoms with Gasteiger partial charge in [-0.3, -0.25) is 4.90 Å². The van der Waals surface area contributed by atoms with Gasteiger partial charge in [0.25, 0.3) is 0 Å². The van der Waals surface area contributed by atoms with Gasteiger partial charge in [0.05, 0.1) is 0 Å². The summed E-state index contributed by atoms with van der Waals surface area (Å²) < 4.78 is 12.5. The predicted molar refractivity (Wildman–Crippen MR) is 56.1 cm³/mol. The monoisotopic (exact) mass is 200 g/mol.